The first-order valence-corrected chi connectivity index (χ1v) is 16.2. The van der Waals surface area contributed by atoms with Crippen molar-refractivity contribution in [1.82, 2.24) is 10.2 Å². The number of amides is 2. The van der Waals surface area contributed by atoms with Crippen molar-refractivity contribution in [3.63, 3.8) is 0 Å². The maximum atomic E-state index is 14.4. The molecule has 0 saturated carbocycles. The molecule has 4 aromatic rings. The van der Waals surface area contributed by atoms with Crippen molar-refractivity contribution >= 4 is 27.5 Å². The van der Waals surface area contributed by atoms with Crippen LogP contribution in [0.25, 0.3) is 0 Å². The molecule has 0 aliphatic heterocycles. The normalized spacial score (nSPS) is 12.4. The summed E-state index contributed by atoms with van der Waals surface area (Å²) in [5.41, 5.74) is 0.406. The predicted octanol–water partition coefficient (Wildman–Crippen LogP) is 6.51. The highest BCUT2D eigenvalue weighted by atomic mass is 32.2. The predicted molar refractivity (Wildman–Crippen MR) is 171 cm³/mol. The molecule has 7 nitrogen and oxygen atoms in total. The van der Waals surface area contributed by atoms with Crippen LogP contribution in [-0.4, -0.2) is 43.8 Å². The molecule has 0 fully saturated rings. The topological polar surface area (TPSA) is 86.8 Å². The van der Waals surface area contributed by atoms with E-state index >= 15 is 0 Å². The number of anilines is 1. The number of nitrogens with one attached hydrogen (secondary N) is 1. The molecule has 248 valence electrons. The Morgan fingerprint density at radius 3 is 2.06 bits per heavy atom. The molecule has 0 radical (unpaired) electrons. The average molecular weight is 670 g/mol. The molecule has 12 heteroatoms. The second-order valence-corrected chi connectivity index (χ2v) is 13.3. The number of carbonyl (C=O) groups is 2. The van der Waals surface area contributed by atoms with E-state index in [1.807, 2.05) is 0 Å². The van der Waals surface area contributed by atoms with Crippen molar-refractivity contribution in [1.29, 1.82) is 0 Å². The summed E-state index contributed by atoms with van der Waals surface area (Å²) in [5.74, 6) is -1.90. The van der Waals surface area contributed by atoms with Gasteiger partial charge in [0, 0.05) is 19.0 Å². The monoisotopic (exact) mass is 669 g/mol. The number of benzene rings is 4. The van der Waals surface area contributed by atoms with Gasteiger partial charge >= 0.3 is 6.18 Å². The zero-order valence-electron chi connectivity index (χ0n) is 26.0. The van der Waals surface area contributed by atoms with E-state index in [1.165, 1.54) is 59.5 Å². The average Bonchev–Trinajstić information content (AvgIpc) is 3.02. The van der Waals surface area contributed by atoms with E-state index < -0.39 is 52.0 Å². The largest absolute Gasteiger partial charge is 0.416 e. The van der Waals surface area contributed by atoms with Gasteiger partial charge in [0.25, 0.3) is 10.0 Å². The van der Waals surface area contributed by atoms with Gasteiger partial charge in [-0.3, -0.25) is 13.9 Å². The fourth-order valence-electron chi connectivity index (χ4n) is 4.92. The van der Waals surface area contributed by atoms with Gasteiger partial charge in [0.1, 0.15) is 18.4 Å². The second-order valence-electron chi connectivity index (χ2n) is 11.4. The number of carbonyl (C=O) groups excluding carboxylic acids is 2. The van der Waals surface area contributed by atoms with E-state index in [2.05, 4.69) is 5.32 Å². The molecule has 4 aromatic carbocycles. The first-order chi connectivity index (χ1) is 22.1. The summed E-state index contributed by atoms with van der Waals surface area (Å²) < 4.78 is 83.8. The van der Waals surface area contributed by atoms with Crippen LogP contribution in [0.1, 0.15) is 36.1 Å². The zero-order chi connectivity index (χ0) is 34.4. The minimum Gasteiger partial charge on any atom is -0.352 e. The lowest BCUT2D eigenvalue weighted by Crippen LogP contribution is -2.54. The number of halogens is 4. The molecule has 1 atom stereocenters. The standard InChI is InChI=1S/C35H35F4N3O4S/c1-24(2)40-34(44)32(20-26-8-5-4-6-9-26)41(22-27-14-16-29(36)17-15-27)33(43)23-42(30-11-7-10-28(21-30)35(37,38)39)47(45,46)31-18-12-25(3)13-19-31/h4-19,21,24,32H,20,22-23H2,1-3H3,(H,40,44)/t32-/m0/s1. The van der Waals surface area contributed by atoms with E-state index in [4.69, 9.17) is 0 Å². The summed E-state index contributed by atoms with van der Waals surface area (Å²) in [4.78, 5) is 29.0. The van der Waals surface area contributed by atoms with E-state index in [-0.39, 0.29) is 29.6 Å². The van der Waals surface area contributed by atoms with Gasteiger partial charge in [0.15, 0.2) is 0 Å². The highest BCUT2D eigenvalue weighted by molar-refractivity contribution is 7.92. The van der Waals surface area contributed by atoms with Gasteiger partial charge in [-0.25, -0.2) is 12.8 Å². The minimum atomic E-state index is -4.79. The molecular weight excluding hydrogens is 634 g/mol. The van der Waals surface area contributed by atoms with Crippen molar-refractivity contribution in [3.8, 4) is 0 Å². The number of alkyl halides is 3. The van der Waals surface area contributed by atoms with Crippen LogP contribution in [0.4, 0.5) is 23.2 Å². The molecule has 0 unspecified atom stereocenters. The molecule has 0 spiro atoms. The lowest BCUT2D eigenvalue weighted by atomic mass is 10.0. The summed E-state index contributed by atoms with van der Waals surface area (Å²) in [7, 11) is -4.60. The second kappa shape index (κ2) is 14.8. The van der Waals surface area contributed by atoms with Crippen LogP contribution in [0.3, 0.4) is 0 Å². The molecule has 0 heterocycles. The molecule has 0 aliphatic carbocycles. The van der Waals surface area contributed by atoms with Gasteiger partial charge in [-0.15, -0.1) is 0 Å². The molecule has 1 N–H and O–H groups in total. The van der Waals surface area contributed by atoms with Gasteiger partial charge in [0.05, 0.1) is 16.1 Å². The first-order valence-electron chi connectivity index (χ1n) is 14.8. The fraction of sp³-hybridized carbons (Fsp3) is 0.257. The van der Waals surface area contributed by atoms with Crippen molar-refractivity contribution in [2.75, 3.05) is 10.8 Å². The summed E-state index contributed by atoms with van der Waals surface area (Å²) in [5, 5.41) is 2.81. The lowest BCUT2D eigenvalue weighted by molar-refractivity contribution is -0.140. The zero-order valence-corrected chi connectivity index (χ0v) is 26.9. The van der Waals surface area contributed by atoms with Crippen molar-refractivity contribution in [2.24, 2.45) is 0 Å². The number of hydrogen-bond donors (Lipinski definition) is 1. The molecule has 47 heavy (non-hydrogen) atoms. The number of nitrogens with zero attached hydrogens (tertiary/aromatic N) is 2. The Morgan fingerprint density at radius 1 is 0.830 bits per heavy atom. The SMILES string of the molecule is Cc1ccc(S(=O)(=O)N(CC(=O)N(Cc2ccc(F)cc2)[C@@H](Cc2ccccc2)C(=O)NC(C)C)c2cccc(C(F)(F)F)c2)cc1. The Kier molecular flexibility index (Phi) is 11.1. The van der Waals surface area contributed by atoms with Crippen LogP contribution in [-0.2, 0) is 38.8 Å². The molecular formula is C35H35F4N3O4S. The summed E-state index contributed by atoms with van der Waals surface area (Å²) >= 11 is 0. The maximum Gasteiger partial charge on any atom is 0.416 e. The molecule has 2 amide bonds. The fourth-order valence-corrected chi connectivity index (χ4v) is 6.33. The van der Waals surface area contributed by atoms with Crippen molar-refractivity contribution in [2.45, 2.75) is 56.9 Å². The minimum absolute atomic E-state index is 0.0423. The van der Waals surface area contributed by atoms with Crippen molar-refractivity contribution < 1.29 is 35.6 Å². The van der Waals surface area contributed by atoms with Crippen LogP contribution in [0.2, 0.25) is 0 Å². The Hall–Kier alpha value is -4.71. The van der Waals surface area contributed by atoms with Crippen LogP contribution < -0.4 is 9.62 Å². The van der Waals surface area contributed by atoms with E-state index in [0.29, 0.717) is 21.5 Å². The summed E-state index contributed by atoms with van der Waals surface area (Å²) in [6.07, 6.45) is -4.75. The summed E-state index contributed by atoms with van der Waals surface area (Å²) in [6, 6.07) is 22.0. The van der Waals surface area contributed by atoms with Crippen LogP contribution in [0.5, 0.6) is 0 Å². The van der Waals surface area contributed by atoms with Gasteiger partial charge in [0.2, 0.25) is 11.8 Å². The highest BCUT2D eigenvalue weighted by Crippen LogP contribution is 2.33. The smallest absolute Gasteiger partial charge is 0.352 e. The lowest BCUT2D eigenvalue weighted by Gasteiger charge is -2.34. The Bertz CT molecular complexity index is 1780. The van der Waals surface area contributed by atoms with E-state index in [9.17, 15) is 35.6 Å². The molecule has 4 rings (SSSR count). The third kappa shape index (κ3) is 9.19. The van der Waals surface area contributed by atoms with Gasteiger partial charge in [-0.05, 0) is 74.4 Å². The van der Waals surface area contributed by atoms with E-state index in [0.717, 1.165) is 17.7 Å². The number of sulfonamides is 1. The van der Waals surface area contributed by atoms with Gasteiger partial charge < -0.3 is 10.2 Å². The maximum absolute atomic E-state index is 14.4. The highest BCUT2D eigenvalue weighted by Gasteiger charge is 2.36. The Balaban J connectivity index is 1.84. The quantitative estimate of drug-likeness (QED) is 0.174. The van der Waals surface area contributed by atoms with Crippen LogP contribution in [0.15, 0.2) is 108 Å². The molecule has 0 aliphatic rings. The van der Waals surface area contributed by atoms with Gasteiger partial charge in [-0.2, -0.15) is 13.2 Å². The van der Waals surface area contributed by atoms with Crippen LogP contribution in [0, 0.1) is 12.7 Å². The number of aryl methyl sites for hydroxylation is 1. The van der Waals surface area contributed by atoms with Crippen molar-refractivity contribution in [3.05, 3.63) is 131 Å². The third-order valence-corrected chi connectivity index (χ3v) is 9.11. The summed E-state index contributed by atoms with van der Waals surface area (Å²) in [6.45, 7) is 4.08. The third-order valence-electron chi connectivity index (χ3n) is 7.32. The molecule has 0 aromatic heterocycles. The molecule has 0 bridgehead atoms. The van der Waals surface area contributed by atoms with Gasteiger partial charge in [-0.1, -0.05) is 66.2 Å². The van der Waals surface area contributed by atoms with Crippen LogP contribution >= 0.6 is 0 Å². The number of hydrogen-bond acceptors (Lipinski definition) is 4. The number of rotatable bonds is 12. The Morgan fingerprint density at radius 2 is 1.47 bits per heavy atom. The first kappa shape index (κ1) is 35.1. The Labute approximate surface area is 271 Å². The molecule has 0 saturated heterocycles. The van der Waals surface area contributed by atoms with E-state index in [1.54, 1.807) is 51.1 Å².